The summed E-state index contributed by atoms with van der Waals surface area (Å²) in [6, 6.07) is 5.20. The Morgan fingerprint density at radius 2 is 2.00 bits per heavy atom. The first-order chi connectivity index (χ1) is 9.94. The second-order valence-electron chi connectivity index (χ2n) is 4.63. The number of aromatic nitrogens is 2. The Morgan fingerprint density at radius 3 is 2.62 bits per heavy atom. The topological polar surface area (TPSA) is 97.1 Å². The molecule has 2 aromatic rings. The van der Waals surface area contributed by atoms with E-state index in [0.29, 0.717) is 12.4 Å². The average Bonchev–Trinajstić information content (AvgIpc) is 2.85. The standard InChI is InChI=1S/C13H18N4O3S/c1-9-11(7-14-3)5-4-6-12(9)21(18,19)15-8-13-16-10(2)17-20-13/h4-6,14-15H,7-8H2,1-3H3. The van der Waals surface area contributed by atoms with E-state index in [1.807, 2.05) is 13.1 Å². The molecule has 0 saturated carbocycles. The predicted octanol–water partition coefficient (Wildman–Crippen LogP) is 0.884. The molecule has 0 atom stereocenters. The molecule has 0 amide bonds. The third-order valence-corrected chi connectivity index (χ3v) is 4.58. The summed E-state index contributed by atoms with van der Waals surface area (Å²) < 4.78 is 32.1. The molecule has 0 unspecified atom stereocenters. The molecular formula is C13H18N4O3S. The highest BCUT2D eigenvalue weighted by Crippen LogP contribution is 2.19. The number of nitrogens with one attached hydrogen (secondary N) is 2. The first kappa shape index (κ1) is 15.6. The van der Waals surface area contributed by atoms with Crippen molar-refractivity contribution >= 4 is 10.0 Å². The largest absolute Gasteiger partial charge is 0.338 e. The lowest BCUT2D eigenvalue weighted by atomic mass is 10.1. The first-order valence-corrected chi connectivity index (χ1v) is 7.94. The van der Waals surface area contributed by atoms with Crippen molar-refractivity contribution in [3.8, 4) is 0 Å². The van der Waals surface area contributed by atoms with Crippen LogP contribution in [0.2, 0.25) is 0 Å². The zero-order valence-corrected chi connectivity index (χ0v) is 13.0. The fourth-order valence-electron chi connectivity index (χ4n) is 1.98. The highest BCUT2D eigenvalue weighted by atomic mass is 32.2. The summed E-state index contributed by atoms with van der Waals surface area (Å²) in [5.41, 5.74) is 1.66. The molecule has 1 aromatic carbocycles. The molecule has 0 saturated heterocycles. The number of hydrogen-bond acceptors (Lipinski definition) is 6. The van der Waals surface area contributed by atoms with E-state index in [-0.39, 0.29) is 17.3 Å². The van der Waals surface area contributed by atoms with Crippen molar-refractivity contribution < 1.29 is 12.9 Å². The molecule has 7 nitrogen and oxygen atoms in total. The Labute approximate surface area is 123 Å². The van der Waals surface area contributed by atoms with Gasteiger partial charge in [-0.25, -0.2) is 13.1 Å². The number of nitrogens with zero attached hydrogens (tertiary/aromatic N) is 2. The Hall–Kier alpha value is -1.77. The fraction of sp³-hybridized carbons (Fsp3) is 0.385. The normalized spacial score (nSPS) is 11.8. The molecule has 114 valence electrons. The molecular weight excluding hydrogens is 292 g/mol. The minimum atomic E-state index is -3.63. The highest BCUT2D eigenvalue weighted by molar-refractivity contribution is 7.89. The lowest BCUT2D eigenvalue weighted by Crippen LogP contribution is -2.24. The fourth-order valence-corrected chi connectivity index (χ4v) is 3.24. The van der Waals surface area contributed by atoms with Gasteiger partial charge in [-0.1, -0.05) is 17.3 Å². The Balaban J connectivity index is 2.21. The molecule has 0 aliphatic rings. The maximum atomic E-state index is 12.4. The molecule has 0 fully saturated rings. The molecule has 0 bridgehead atoms. The van der Waals surface area contributed by atoms with E-state index in [0.717, 1.165) is 11.1 Å². The van der Waals surface area contributed by atoms with Crippen LogP contribution in [0.1, 0.15) is 22.8 Å². The van der Waals surface area contributed by atoms with E-state index in [4.69, 9.17) is 4.52 Å². The molecule has 2 N–H and O–H groups in total. The minimum Gasteiger partial charge on any atom is -0.338 e. The van der Waals surface area contributed by atoms with Gasteiger partial charge in [0.1, 0.15) is 0 Å². The van der Waals surface area contributed by atoms with Gasteiger partial charge < -0.3 is 9.84 Å². The van der Waals surface area contributed by atoms with Crippen LogP contribution < -0.4 is 10.0 Å². The van der Waals surface area contributed by atoms with Gasteiger partial charge >= 0.3 is 0 Å². The van der Waals surface area contributed by atoms with Crippen LogP contribution in [0.3, 0.4) is 0 Å². The summed E-state index contributed by atoms with van der Waals surface area (Å²) in [6.07, 6.45) is 0. The summed E-state index contributed by atoms with van der Waals surface area (Å²) in [6.45, 7) is 4.04. The van der Waals surface area contributed by atoms with Gasteiger partial charge in [-0.05, 0) is 38.1 Å². The van der Waals surface area contributed by atoms with E-state index >= 15 is 0 Å². The molecule has 2 rings (SSSR count). The van der Waals surface area contributed by atoms with E-state index in [2.05, 4.69) is 20.2 Å². The van der Waals surface area contributed by atoms with Crippen LogP contribution in [0.4, 0.5) is 0 Å². The van der Waals surface area contributed by atoms with Crippen LogP contribution in [0.15, 0.2) is 27.6 Å². The van der Waals surface area contributed by atoms with E-state index in [1.54, 1.807) is 26.0 Å². The second-order valence-corrected chi connectivity index (χ2v) is 6.37. The van der Waals surface area contributed by atoms with Crippen molar-refractivity contribution in [1.29, 1.82) is 0 Å². The van der Waals surface area contributed by atoms with Crippen LogP contribution >= 0.6 is 0 Å². The van der Waals surface area contributed by atoms with Gasteiger partial charge in [0.25, 0.3) is 0 Å². The first-order valence-electron chi connectivity index (χ1n) is 6.46. The van der Waals surface area contributed by atoms with Gasteiger partial charge in [0.05, 0.1) is 11.4 Å². The summed E-state index contributed by atoms with van der Waals surface area (Å²) >= 11 is 0. The Morgan fingerprint density at radius 1 is 1.24 bits per heavy atom. The van der Waals surface area contributed by atoms with E-state index in [1.165, 1.54) is 0 Å². The lowest BCUT2D eigenvalue weighted by Gasteiger charge is -2.11. The molecule has 8 heteroatoms. The monoisotopic (exact) mass is 310 g/mol. The van der Waals surface area contributed by atoms with Crippen LogP contribution in [-0.2, 0) is 23.1 Å². The van der Waals surface area contributed by atoms with Crippen molar-refractivity contribution in [3.63, 3.8) is 0 Å². The third kappa shape index (κ3) is 3.66. The molecule has 1 aromatic heterocycles. The number of rotatable bonds is 6. The van der Waals surface area contributed by atoms with Crippen LogP contribution in [0.25, 0.3) is 0 Å². The summed E-state index contributed by atoms with van der Waals surface area (Å²) in [5, 5.41) is 6.63. The maximum absolute atomic E-state index is 12.4. The molecule has 0 radical (unpaired) electrons. The number of aryl methyl sites for hydroxylation is 1. The SMILES string of the molecule is CNCc1cccc(S(=O)(=O)NCc2nc(C)no2)c1C. The molecule has 1 heterocycles. The number of sulfonamides is 1. The third-order valence-electron chi connectivity index (χ3n) is 3.04. The minimum absolute atomic E-state index is 0.0289. The second kappa shape index (κ2) is 6.33. The van der Waals surface area contributed by atoms with E-state index < -0.39 is 10.0 Å². The quantitative estimate of drug-likeness (QED) is 0.822. The lowest BCUT2D eigenvalue weighted by molar-refractivity contribution is 0.372. The zero-order valence-electron chi connectivity index (χ0n) is 12.2. The average molecular weight is 310 g/mol. The van der Waals surface area contributed by atoms with Crippen molar-refractivity contribution in [2.75, 3.05) is 7.05 Å². The van der Waals surface area contributed by atoms with E-state index in [9.17, 15) is 8.42 Å². The van der Waals surface area contributed by atoms with Crippen molar-refractivity contribution in [2.24, 2.45) is 0 Å². The van der Waals surface area contributed by atoms with Gasteiger partial charge in [0.2, 0.25) is 15.9 Å². The summed E-state index contributed by atoms with van der Waals surface area (Å²) in [5.74, 6) is 0.705. The van der Waals surface area contributed by atoms with Crippen LogP contribution in [0, 0.1) is 13.8 Å². The molecule has 21 heavy (non-hydrogen) atoms. The summed E-state index contributed by atoms with van der Waals surface area (Å²) in [7, 11) is -1.81. The maximum Gasteiger partial charge on any atom is 0.241 e. The molecule has 0 aliphatic carbocycles. The van der Waals surface area contributed by atoms with Gasteiger partial charge in [-0.3, -0.25) is 0 Å². The van der Waals surface area contributed by atoms with Gasteiger partial charge in [-0.2, -0.15) is 4.98 Å². The number of benzene rings is 1. The molecule has 0 aliphatic heterocycles. The van der Waals surface area contributed by atoms with Gasteiger partial charge in [-0.15, -0.1) is 0 Å². The van der Waals surface area contributed by atoms with Gasteiger partial charge in [0.15, 0.2) is 5.82 Å². The summed E-state index contributed by atoms with van der Waals surface area (Å²) in [4.78, 5) is 4.22. The van der Waals surface area contributed by atoms with Crippen molar-refractivity contribution in [1.82, 2.24) is 20.2 Å². The smallest absolute Gasteiger partial charge is 0.241 e. The predicted molar refractivity (Wildman–Crippen MR) is 77.0 cm³/mol. The highest BCUT2D eigenvalue weighted by Gasteiger charge is 2.19. The Bertz CT molecular complexity index is 725. The zero-order chi connectivity index (χ0) is 15.5. The van der Waals surface area contributed by atoms with Crippen LogP contribution in [0.5, 0.6) is 0 Å². The van der Waals surface area contributed by atoms with Crippen LogP contribution in [-0.4, -0.2) is 25.6 Å². The number of hydrogen-bond donors (Lipinski definition) is 2. The van der Waals surface area contributed by atoms with Crippen molar-refractivity contribution in [3.05, 3.63) is 41.0 Å². The van der Waals surface area contributed by atoms with Crippen molar-refractivity contribution in [2.45, 2.75) is 31.8 Å². The molecule has 0 spiro atoms. The van der Waals surface area contributed by atoms with Gasteiger partial charge in [0, 0.05) is 6.54 Å². The Kier molecular flexibility index (Phi) is 4.71.